The van der Waals surface area contributed by atoms with Crippen molar-refractivity contribution in [3.63, 3.8) is 0 Å². The van der Waals surface area contributed by atoms with Gasteiger partial charge in [0.2, 0.25) is 0 Å². The van der Waals surface area contributed by atoms with E-state index in [1.165, 1.54) is 52.0 Å². The van der Waals surface area contributed by atoms with E-state index in [0.29, 0.717) is 0 Å². The summed E-state index contributed by atoms with van der Waals surface area (Å²) < 4.78 is 7.77. The monoisotopic (exact) mass is 444 g/mol. The molecule has 0 spiro atoms. The SMILES string of the molecule is CCC[CH2][Sn][CH2]CCC.COOC(=O)c1ccccc1C(=O)OC. The summed E-state index contributed by atoms with van der Waals surface area (Å²) in [6.07, 6.45) is 5.84. The van der Waals surface area contributed by atoms with Gasteiger partial charge in [-0.05, 0) is 12.1 Å². The van der Waals surface area contributed by atoms with Crippen molar-refractivity contribution in [2.75, 3.05) is 14.2 Å². The third-order valence-electron chi connectivity index (χ3n) is 3.13. The van der Waals surface area contributed by atoms with Gasteiger partial charge >= 0.3 is 81.5 Å². The summed E-state index contributed by atoms with van der Waals surface area (Å²) in [4.78, 5) is 31.1. The second-order valence-electron chi connectivity index (χ2n) is 5.03. The molecule has 0 heterocycles. The van der Waals surface area contributed by atoms with Gasteiger partial charge in [-0.25, -0.2) is 9.59 Å². The molecule has 134 valence electrons. The van der Waals surface area contributed by atoms with Crippen LogP contribution >= 0.6 is 0 Å². The molecule has 6 heteroatoms. The van der Waals surface area contributed by atoms with Crippen molar-refractivity contribution in [2.24, 2.45) is 0 Å². The minimum Gasteiger partial charge on any atom is -0.465 e. The quantitative estimate of drug-likeness (QED) is 0.187. The third-order valence-corrected chi connectivity index (χ3v) is 7.16. The third kappa shape index (κ3) is 9.92. The van der Waals surface area contributed by atoms with Gasteiger partial charge in [-0.1, -0.05) is 12.1 Å². The molecule has 0 aliphatic carbocycles. The number of rotatable bonds is 9. The Balaban J connectivity index is 0.000000506. The van der Waals surface area contributed by atoms with Crippen LogP contribution in [-0.2, 0) is 14.5 Å². The number of hydrogen-bond donors (Lipinski definition) is 0. The fraction of sp³-hybridized carbons (Fsp3) is 0.556. The predicted octanol–water partition coefficient (Wildman–Crippen LogP) is 4.32. The molecule has 0 atom stereocenters. The Labute approximate surface area is 155 Å². The van der Waals surface area contributed by atoms with Crippen molar-refractivity contribution < 1.29 is 24.1 Å². The molecule has 0 fully saturated rings. The molecule has 0 aromatic heterocycles. The molecular weight excluding hydrogens is 415 g/mol. The van der Waals surface area contributed by atoms with Gasteiger partial charge in [-0.3, -0.25) is 4.89 Å². The maximum absolute atomic E-state index is 11.3. The summed E-state index contributed by atoms with van der Waals surface area (Å²) in [6.45, 7) is 4.58. The van der Waals surface area contributed by atoms with Crippen molar-refractivity contribution in [3.05, 3.63) is 35.4 Å². The molecule has 0 aliphatic heterocycles. The Morgan fingerprint density at radius 2 is 1.42 bits per heavy atom. The van der Waals surface area contributed by atoms with E-state index in [2.05, 4.69) is 28.4 Å². The van der Waals surface area contributed by atoms with Crippen molar-refractivity contribution in [1.29, 1.82) is 0 Å². The molecule has 1 aromatic rings. The van der Waals surface area contributed by atoms with Crippen LogP contribution in [0.3, 0.4) is 0 Å². The maximum atomic E-state index is 11.3. The summed E-state index contributed by atoms with van der Waals surface area (Å²) in [5, 5.41) is 0. The van der Waals surface area contributed by atoms with Gasteiger partial charge in [-0.15, -0.1) is 0 Å². The van der Waals surface area contributed by atoms with E-state index in [1.54, 1.807) is 21.0 Å². The van der Waals surface area contributed by atoms with E-state index in [1.807, 2.05) is 0 Å². The first-order chi connectivity index (χ1) is 11.6. The smallest absolute Gasteiger partial charge is 0.373 e. The Hall–Kier alpha value is -1.08. The zero-order valence-electron chi connectivity index (χ0n) is 15.1. The molecule has 0 unspecified atom stereocenters. The Kier molecular flexibility index (Phi) is 14.8. The van der Waals surface area contributed by atoms with Crippen LogP contribution in [0.15, 0.2) is 24.3 Å². The first-order valence-electron chi connectivity index (χ1n) is 8.25. The van der Waals surface area contributed by atoms with Crippen LogP contribution in [0.4, 0.5) is 0 Å². The number of ether oxygens (including phenoxy) is 1. The molecule has 24 heavy (non-hydrogen) atoms. The largest absolute Gasteiger partial charge is 0.465 e. The van der Waals surface area contributed by atoms with Crippen molar-refractivity contribution in [1.82, 2.24) is 0 Å². The summed E-state index contributed by atoms with van der Waals surface area (Å²) in [7, 11) is 2.44. The number of hydrogen-bond acceptors (Lipinski definition) is 5. The molecule has 1 rings (SSSR count). The van der Waals surface area contributed by atoms with Crippen LogP contribution in [-0.4, -0.2) is 47.3 Å². The van der Waals surface area contributed by atoms with Crippen LogP contribution in [0, 0.1) is 0 Å². The van der Waals surface area contributed by atoms with Crippen LogP contribution < -0.4 is 0 Å². The van der Waals surface area contributed by atoms with Gasteiger partial charge in [0.05, 0.1) is 25.3 Å². The molecular formula is C18H28O5Sn. The Bertz CT molecular complexity index is 470. The van der Waals surface area contributed by atoms with Crippen molar-refractivity contribution >= 4 is 33.1 Å². The molecule has 2 radical (unpaired) electrons. The second-order valence-corrected chi connectivity index (χ2v) is 9.31. The van der Waals surface area contributed by atoms with Crippen LogP contribution in [0.2, 0.25) is 8.87 Å². The standard InChI is InChI=1S/C10H10O5.2C4H9.Sn/c1-13-9(11)7-5-3-4-6-8(7)10(12)15-14-2;2*1-3-4-2;/h3-6H,1-2H3;2*1,3-4H2,2H3;. The normalized spacial score (nSPS) is 9.67. The molecule has 0 N–H and O–H groups in total. The van der Waals surface area contributed by atoms with Gasteiger partial charge in [0.15, 0.2) is 0 Å². The van der Waals surface area contributed by atoms with Gasteiger partial charge in [-0.2, -0.15) is 4.89 Å². The van der Waals surface area contributed by atoms with E-state index in [9.17, 15) is 9.59 Å². The molecule has 0 aliphatic rings. The molecule has 1 aromatic carbocycles. The van der Waals surface area contributed by atoms with E-state index < -0.39 is 11.9 Å². The fourth-order valence-electron chi connectivity index (χ4n) is 1.80. The predicted molar refractivity (Wildman–Crippen MR) is 95.4 cm³/mol. The van der Waals surface area contributed by atoms with E-state index in [4.69, 9.17) is 0 Å². The summed E-state index contributed by atoms with van der Waals surface area (Å²) >= 11 is 0.149. The first-order valence-corrected chi connectivity index (χ1v) is 12.3. The molecule has 5 nitrogen and oxygen atoms in total. The number of carbonyl (C=O) groups excluding carboxylic acids is 2. The van der Waals surface area contributed by atoms with Crippen molar-refractivity contribution in [3.8, 4) is 0 Å². The average molecular weight is 443 g/mol. The van der Waals surface area contributed by atoms with Gasteiger partial charge in [0.25, 0.3) is 0 Å². The zero-order valence-corrected chi connectivity index (χ0v) is 17.9. The molecule has 0 amide bonds. The Morgan fingerprint density at radius 1 is 0.917 bits per heavy atom. The second kappa shape index (κ2) is 15.4. The summed E-state index contributed by atoms with van der Waals surface area (Å²) in [6, 6.07) is 6.15. The van der Waals surface area contributed by atoms with E-state index in [0.717, 1.165) is 0 Å². The zero-order chi connectivity index (χ0) is 18.2. The minimum absolute atomic E-state index is 0.103. The number of methoxy groups -OCH3 is 1. The van der Waals surface area contributed by atoms with Gasteiger partial charge < -0.3 is 4.74 Å². The van der Waals surface area contributed by atoms with Crippen LogP contribution in [0.5, 0.6) is 0 Å². The number of carbonyl (C=O) groups is 2. The van der Waals surface area contributed by atoms with Crippen molar-refractivity contribution in [2.45, 2.75) is 48.4 Å². The van der Waals surface area contributed by atoms with Gasteiger partial charge in [0.1, 0.15) is 0 Å². The van der Waals surface area contributed by atoms with E-state index in [-0.39, 0.29) is 32.3 Å². The number of benzene rings is 1. The van der Waals surface area contributed by atoms with Gasteiger partial charge in [0, 0.05) is 0 Å². The topological polar surface area (TPSA) is 61.8 Å². The number of unbranched alkanes of at least 4 members (excludes halogenated alkanes) is 2. The van der Waals surface area contributed by atoms with E-state index >= 15 is 0 Å². The number of esters is 1. The van der Waals surface area contributed by atoms with Crippen LogP contribution in [0.1, 0.15) is 60.2 Å². The molecule has 0 saturated heterocycles. The summed E-state index contributed by atoms with van der Waals surface area (Å²) in [5.74, 6) is -1.34. The first kappa shape index (κ1) is 22.9. The molecule has 0 bridgehead atoms. The fourth-order valence-corrected chi connectivity index (χ4v) is 5.96. The average Bonchev–Trinajstić information content (AvgIpc) is 2.62. The minimum atomic E-state index is -0.738. The van der Waals surface area contributed by atoms with Crippen LogP contribution in [0.25, 0.3) is 0 Å². The molecule has 0 saturated carbocycles. The summed E-state index contributed by atoms with van der Waals surface area (Å²) in [5.41, 5.74) is 0.244. The Morgan fingerprint density at radius 3 is 1.83 bits per heavy atom. The maximum Gasteiger partial charge on any atom is 0.373 e.